The highest BCUT2D eigenvalue weighted by Gasteiger charge is 2.38. The SMILES string of the molecule is O=S(=O)(Nc1ccc(-n2ccc(C(F)(F)F)n2)cc1)c1cc(C(F)(F)F)cc(C(F)(F)F)c1. The molecule has 1 aromatic heterocycles. The molecule has 0 spiro atoms. The van der Waals surface area contributed by atoms with Crippen LogP contribution in [0.15, 0.2) is 59.6 Å². The van der Waals surface area contributed by atoms with Crippen LogP contribution in [0.25, 0.3) is 5.69 Å². The first-order chi connectivity index (χ1) is 15.0. The van der Waals surface area contributed by atoms with Gasteiger partial charge < -0.3 is 0 Å². The summed E-state index contributed by atoms with van der Waals surface area (Å²) in [6.07, 6.45) is -14.2. The maximum absolute atomic E-state index is 13.0. The predicted molar refractivity (Wildman–Crippen MR) is 95.8 cm³/mol. The van der Waals surface area contributed by atoms with Crippen molar-refractivity contribution in [1.29, 1.82) is 0 Å². The standard InChI is InChI=1S/C18H10F9N3O2S/c19-16(20,21)10-7-11(17(22,23)24)9-14(8-10)33(31,32)29-12-1-3-13(4-2-12)30-6-5-15(28-30)18(25,26)27/h1-9,29H. The average molecular weight is 503 g/mol. The normalized spacial score (nSPS) is 13.2. The molecule has 15 heteroatoms. The third kappa shape index (κ3) is 5.58. The minimum Gasteiger partial charge on any atom is -0.280 e. The van der Waals surface area contributed by atoms with Gasteiger partial charge in [0.05, 0.1) is 21.7 Å². The number of anilines is 1. The molecule has 0 aliphatic rings. The molecule has 0 bridgehead atoms. The van der Waals surface area contributed by atoms with Gasteiger partial charge in [-0.15, -0.1) is 0 Å². The third-order valence-corrected chi connectivity index (χ3v) is 5.50. The van der Waals surface area contributed by atoms with Gasteiger partial charge in [-0.25, -0.2) is 13.1 Å². The molecule has 0 aliphatic carbocycles. The van der Waals surface area contributed by atoms with Crippen molar-refractivity contribution in [3.05, 3.63) is 71.5 Å². The Bertz CT molecular complexity index is 1230. The molecule has 0 radical (unpaired) electrons. The van der Waals surface area contributed by atoms with E-state index in [1.165, 1.54) is 0 Å². The van der Waals surface area contributed by atoms with Crippen molar-refractivity contribution < 1.29 is 47.9 Å². The Morgan fingerprint density at radius 3 is 1.67 bits per heavy atom. The summed E-state index contributed by atoms with van der Waals surface area (Å²) in [6, 6.07) is 4.94. The monoisotopic (exact) mass is 503 g/mol. The lowest BCUT2D eigenvalue weighted by molar-refractivity contribution is -0.143. The van der Waals surface area contributed by atoms with Crippen LogP contribution in [0.4, 0.5) is 45.2 Å². The van der Waals surface area contributed by atoms with Crippen LogP contribution in [0, 0.1) is 0 Å². The molecule has 33 heavy (non-hydrogen) atoms. The lowest BCUT2D eigenvalue weighted by atomic mass is 10.1. The van der Waals surface area contributed by atoms with Crippen LogP contribution in [0.3, 0.4) is 0 Å². The van der Waals surface area contributed by atoms with Crippen molar-refractivity contribution in [3.63, 3.8) is 0 Å². The largest absolute Gasteiger partial charge is 0.435 e. The fourth-order valence-corrected chi connectivity index (χ4v) is 3.73. The maximum Gasteiger partial charge on any atom is 0.435 e. The highest BCUT2D eigenvalue weighted by molar-refractivity contribution is 7.92. The van der Waals surface area contributed by atoms with Crippen molar-refractivity contribution in [2.24, 2.45) is 0 Å². The lowest BCUT2D eigenvalue weighted by Gasteiger charge is -2.15. The molecule has 3 rings (SSSR count). The first-order valence-electron chi connectivity index (χ1n) is 8.52. The van der Waals surface area contributed by atoms with Crippen LogP contribution >= 0.6 is 0 Å². The van der Waals surface area contributed by atoms with Crippen molar-refractivity contribution in [2.75, 3.05) is 4.72 Å². The number of hydrogen-bond donors (Lipinski definition) is 1. The third-order valence-electron chi connectivity index (χ3n) is 4.14. The van der Waals surface area contributed by atoms with Crippen molar-refractivity contribution in [2.45, 2.75) is 23.4 Å². The Kier molecular flexibility index (Phi) is 5.89. The fraction of sp³-hybridized carbons (Fsp3) is 0.167. The molecular formula is C18H10F9N3O2S. The van der Waals surface area contributed by atoms with E-state index in [4.69, 9.17) is 0 Å². The first-order valence-corrected chi connectivity index (χ1v) is 10.0. The number of nitrogens with one attached hydrogen (secondary N) is 1. The molecule has 178 valence electrons. The van der Waals surface area contributed by atoms with Gasteiger partial charge in [0.2, 0.25) is 0 Å². The number of benzene rings is 2. The van der Waals surface area contributed by atoms with E-state index in [1.807, 2.05) is 4.72 Å². The van der Waals surface area contributed by atoms with E-state index in [9.17, 15) is 47.9 Å². The molecule has 1 N–H and O–H groups in total. The summed E-state index contributed by atoms with van der Waals surface area (Å²) in [7, 11) is -4.89. The Morgan fingerprint density at radius 2 is 1.24 bits per heavy atom. The minimum atomic E-state index is -5.24. The molecule has 0 aliphatic heterocycles. The Hall–Kier alpha value is -3.23. The van der Waals surface area contributed by atoms with Gasteiger partial charge in [-0.2, -0.15) is 44.6 Å². The Labute approximate surface area is 179 Å². The number of nitrogens with zero attached hydrogens (tertiary/aromatic N) is 2. The molecule has 2 aromatic carbocycles. The second kappa shape index (κ2) is 7.97. The zero-order valence-corrected chi connectivity index (χ0v) is 16.5. The molecular weight excluding hydrogens is 493 g/mol. The highest BCUT2D eigenvalue weighted by Crippen LogP contribution is 2.37. The fourth-order valence-electron chi connectivity index (χ4n) is 2.60. The summed E-state index contributed by atoms with van der Waals surface area (Å²) in [5.41, 5.74) is -5.00. The Morgan fingerprint density at radius 1 is 0.727 bits per heavy atom. The number of halogens is 9. The predicted octanol–water partition coefficient (Wildman–Crippen LogP) is 5.73. The Balaban J connectivity index is 1.91. The summed E-state index contributed by atoms with van der Waals surface area (Å²) in [5.74, 6) is 0. The number of hydrogen-bond acceptors (Lipinski definition) is 3. The van der Waals surface area contributed by atoms with Crippen LogP contribution in [0.2, 0.25) is 0 Å². The van der Waals surface area contributed by atoms with E-state index in [-0.39, 0.29) is 29.6 Å². The molecule has 0 amide bonds. The maximum atomic E-state index is 13.0. The van der Waals surface area contributed by atoms with E-state index in [0.29, 0.717) is 6.07 Å². The molecule has 0 fully saturated rings. The van der Waals surface area contributed by atoms with E-state index in [0.717, 1.165) is 35.1 Å². The summed E-state index contributed by atoms with van der Waals surface area (Å²) in [6.45, 7) is 0. The highest BCUT2D eigenvalue weighted by atomic mass is 32.2. The van der Waals surface area contributed by atoms with Crippen LogP contribution in [0.1, 0.15) is 16.8 Å². The number of alkyl halides is 9. The van der Waals surface area contributed by atoms with Gasteiger partial charge in [0.25, 0.3) is 10.0 Å². The van der Waals surface area contributed by atoms with Gasteiger partial charge in [-0.1, -0.05) is 0 Å². The number of aromatic nitrogens is 2. The van der Waals surface area contributed by atoms with Crippen molar-refractivity contribution in [3.8, 4) is 5.69 Å². The van der Waals surface area contributed by atoms with Gasteiger partial charge in [0, 0.05) is 11.9 Å². The quantitative estimate of drug-likeness (QED) is 0.463. The second-order valence-electron chi connectivity index (χ2n) is 6.54. The molecule has 3 aromatic rings. The minimum absolute atomic E-state index is 0.0499. The first kappa shape index (κ1) is 24.4. The molecule has 0 atom stereocenters. The van der Waals surface area contributed by atoms with Crippen LogP contribution in [-0.2, 0) is 28.6 Å². The number of sulfonamides is 1. The number of rotatable bonds is 4. The zero-order chi connectivity index (χ0) is 24.8. The molecule has 1 heterocycles. The molecule has 5 nitrogen and oxygen atoms in total. The molecule has 0 saturated heterocycles. The van der Waals surface area contributed by atoms with Gasteiger partial charge in [0.1, 0.15) is 0 Å². The van der Waals surface area contributed by atoms with Crippen molar-refractivity contribution >= 4 is 15.7 Å². The van der Waals surface area contributed by atoms with Gasteiger partial charge in [0.15, 0.2) is 5.69 Å². The van der Waals surface area contributed by atoms with Gasteiger partial charge in [-0.3, -0.25) is 4.72 Å². The summed E-state index contributed by atoms with van der Waals surface area (Å²) in [4.78, 5) is -1.28. The second-order valence-corrected chi connectivity index (χ2v) is 8.22. The molecule has 0 unspecified atom stereocenters. The van der Waals surface area contributed by atoms with Crippen LogP contribution < -0.4 is 4.72 Å². The summed E-state index contributed by atoms with van der Waals surface area (Å²) < 4.78 is 143. The summed E-state index contributed by atoms with van der Waals surface area (Å²) >= 11 is 0. The molecule has 0 saturated carbocycles. The van der Waals surface area contributed by atoms with Gasteiger partial charge in [-0.05, 0) is 48.5 Å². The van der Waals surface area contributed by atoms with Crippen molar-refractivity contribution in [1.82, 2.24) is 9.78 Å². The van der Waals surface area contributed by atoms with Crippen LogP contribution in [-0.4, -0.2) is 18.2 Å². The van der Waals surface area contributed by atoms with E-state index in [2.05, 4.69) is 5.10 Å². The lowest BCUT2D eigenvalue weighted by Crippen LogP contribution is -2.17. The smallest absolute Gasteiger partial charge is 0.280 e. The van der Waals surface area contributed by atoms with Gasteiger partial charge >= 0.3 is 18.5 Å². The zero-order valence-electron chi connectivity index (χ0n) is 15.7. The van der Waals surface area contributed by atoms with E-state index < -0.39 is 50.3 Å². The topological polar surface area (TPSA) is 64.0 Å². The summed E-state index contributed by atoms with van der Waals surface area (Å²) in [5, 5.41) is 3.31. The van der Waals surface area contributed by atoms with Crippen LogP contribution in [0.5, 0.6) is 0 Å². The average Bonchev–Trinajstić information content (AvgIpc) is 3.17. The van der Waals surface area contributed by atoms with E-state index >= 15 is 0 Å². The van der Waals surface area contributed by atoms with E-state index in [1.54, 1.807) is 0 Å².